The number of fused-ring (bicyclic) bond motifs is 6. The zero-order valence-corrected chi connectivity index (χ0v) is 33.8. The maximum Gasteiger partial charge on any atom is 0.0546 e. The van der Waals surface area contributed by atoms with Gasteiger partial charge in [0.2, 0.25) is 0 Å². The van der Waals surface area contributed by atoms with E-state index in [2.05, 4.69) is 243 Å². The van der Waals surface area contributed by atoms with Gasteiger partial charge in [-0.1, -0.05) is 196 Å². The van der Waals surface area contributed by atoms with Gasteiger partial charge in [-0.05, 0) is 125 Å². The largest absolute Gasteiger partial charge is 0.310 e. The van der Waals surface area contributed by atoms with Gasteiger partial charge in [-0.3, -0.25) is 0 Å². The summed E-state index contributed by atoms with van der Waals surface area (Å²) in [6.45, 7) is 4.73. The van der Waals surface area contributed by atoms with Crippen LogP contribution in [0.1, 0.15) is 25.0 Å². The quantitative estimate of drug-likeness (QED) is 0.146. The monoisotopic (exact) mass is 765 g/mol. The SMILES string of the molecule is CC1(C)c2ccccc2-c2ccc(N(c3ccc(-c4cccc(-c5ccccc5)c4)cc3)c3cccc(-c4cc5ccccc5c5ccccc45)c3-c3ccccc3)cc21. The number of hydrogen-bond donors (Lipinski definition) is 0. The summed E-state index contributed by atoms with van der Waals surface area (Å²) < 4.78 is 0. The molecule has 0 saturated carbocycles. The van der Waals surface area contributed by atoms with Crippen LogP contribution in [0.3, 0.4) is 0 Å². The van der Waals surface area contributed by atoms with E-state index in [0.29, 0.717) is 0 Å². The molecule has 1 heteroatoms. The van der Waals surface area contributed by atoms with Crippen LogP contribution in [0.4, 0.5) is 17.1 Å². The van der Waals surface area contributed by atoms with Crippen molar-refractivity contribution in [1.82, 2.24) is 0 Å². The van der Waals surface area contributed by atoms with Crippen molar-refractivity contribution >= 4 is 38.6 Å². The highest BCUT2D eigenvalue weighted by molar-refractivity contribution is 6.15. The Morgan fingerprint density at radius 1 is 0.317 bits per heavy atom. The molecule has 0 fully saturated rings. The molecule has 0 saturated heterocycles. The molecule has 0 spiro atoms. The first-order valence-electron chi connectivity index (χ1n) is 20.9. The van der Waals surface area contributed by atoms with Crippen molar-refractivity contribution in [3.63, 3.8) is 0 Å². The van der Waals surface area contributed by atoms with Gasteiger partial charge in [0.25, 0.3) is 0 Å². The lowest BCUT2D eigenvalue weighted by molar-refractivity contribution is 0.660. The van der Waals surface area contributed by atoms with Gasteiger partial charge in [-0.15, -0.1) is 0 Å². The van der Waals surface area contributed by atoms with Crippen LogP contribution < -0.4 is 4.90 Å². The molecule has 0 radical (unpaired) electrons. The van der Waals surface area contributed by atoms with Gasteiger partial charge in [0, 0.05) is 22.4 Å². The summed E-state index contributed by atoms with van der Waals surface area (Å²) in [4.78, 5) is 2.48. The van der Waals surface area contributed by atoms with Crippen LogP contribution in [0.25, 0.3) is 77.2 Å². The Labute approximate surface area is 352 Å². The summed E-state index contributed by atoms with van der Waals surface area (Å²) in [7, 11) is 0. The maximum atomic E-state index is 2.48. The van der Waals surface area contributed by atoms with E-state index < -0.39 is 0 Å². The predicted molar refractivity (Wildman–Crippen MR) is 255 cm³/mol. The Bertz CT molecular complexity index is 3210. The standard InChI is InChI=1S/C59H43N/c1-59(2)55-29-14-13-27-51(55)52-36-35-47(39-56(52)59)60(46-33-31-41(32-34-46)44-23-15-22-43(37-44)40-17-5-3-6-18-40)57-30-16-28-53(58(57)42-19-7-4-8-20-42)54-38-45-21-9-10-24-48(45)49-25-11-12-26-50(49)54/h3-39H,1-2H3. The van der Waals surface area contributed by atoms with E-state index in [0.717, 1.165) is 17.1 Å². The maximum absolute atomic E-state index is 2.48. The lowest BCUT2D eigenvalue weighted by Gasteiger charge is -2.31. The van der Waals surface area contributed by atoms with Gasteiger partial charge < -0.3 is 4.90 Å². The molecule has 0 heterocycles. The van der Waals surface area contributed by atoms with Crippen molar-refractivity contribution in [3.8, 4) is 55.6 Å². The summed E-state index contributed by atoms with van der Waals surface area (Å²) >= 11 is 0. The third kappa shape index (κ3) is 5.93. The normalized spacial score (nSPS) is 12.6. The molecule has 1 nitrogen and oxygen atoms in total. The van der Waals surface area contributed by atoms with Crippen molar-refractivity contribution in [2.45, 2.75) is 19.3 Å². The number of anilines is 3. The van der Waals surface area contributed by atoms with Gasteiger partial charge in [0.1, 0.15) is 0 Å². The van der Waals surface area contributed by atoms with E-state index in [9.17, 15) is 0 Å². The Hall–Kier alpha value is -7.48. The highest BCUT2D eigenvalue weighted by atomic mass is 15.1. The average molecular weight is 766 g/mol. The van der Waals surface area contributed by atoms with Crippen LogP contribution in [0.5, 0.6) is 0 Å². The molecule has 0 unspecified atom stereocenters. The molecule has 60 heavy (non-hydrogen) atoms. The number of rotatable bonds is 7. The van der Waals surface area contributed by atoms with Crippen LogP contribution in [0.15, 0.2) is 224 Å². The fourth-order valence-corrected chi connectivity index (χ4v) is 9.71. The van der Waals surface area contributed by atoms with Crippen molar-refractivity contribution in [1.29, 1.82) is 0 Å². The van der Waals surface area contributed by atoms with Gasteiger partial charge in [-0.25, -0.2) is 0 Å². The van der Waals surface area contributed by atoms with E-state index >= 15 is 0 Å². The topological polar surface area (TPSA) is 3.24 Å². The predicted octanol–water partition coefficient (Wildman–Crippen LogP) is 16.4. The van der Waals surface area contributed by atoms with Crippen molar-refractivity contribution in [3.05, 3.63) is 236 Å². The first kappa shape index (κ1) is 35.7. The Morgan fingerprint density at radius 3 is 1.63 bits per heavy atom. The Balaban J connectivity index is 1.14. The van der Waals surface area contributed by atoms with Crippen LogP contribution >= 0.6 is 0 Å². The van der Waals surface area contributed by atoms with Crippen molar-refractivity contribution in [2.75, 3.05) is 4.90 Å². The summed E-state index contributed by atoms with van der Waals surface area (Å²) in [6.07, 6.45) is 0. The average Bonchev–Trinajstić information content (AvgIpc) is 3.54. The zero-order chi connectivity index (χ0) is 40.2. The second-order valence-corrected chi connectivity index (χ2v) is 16.5. The van der Waals surface area contributed by atoms with E-state index in [1.165, 1.54) is 88.3 Å². The van der Waals surface area contributed by atoms with E-state index in [1.54, 1.807) is 0 Å². The minimum atomic E-state index is -0.143. The highest BCUT2D eigenvalue weighted by Crippen LogP contribution is 2.52. The zero-order valence-electron chi connectivity index (χ0n) is 33.8. The molecule has 0 aliphatic heterocycles. The summed E-state index contributed by atoms with van der Waals surface area (Å²) in [5.74, 6) is 0. The summed E-state index contributed by atoms with van der Waals surface area (Å²) in [6, 6.07) is 82.5. The lowest BCUT2D eigenvalue weighted by atomic mass is 9.82. The van der Waals surface area contributed by atoms with E-state index in [1.807, 2.05) is 0 Å². The van der Waals surface area contributed by atoms with Crippen LogP contribution in [0, 0.1) is 0 Å². The van der Waals surface area contributed by atoms with Gasteiger partial charge >= 0.3 is 0 Å². The number of benzene rings is 10. The molecule has 284 valence electrons. The Morgan fingerprint density at radius 2 is 0.867 bits per heavy atom. The molecule has 11 rings (SSSR count). The fraction of sp³-hybridized carbons (Fsp3) is 0.0508. The molecule has 10 aromatic carbocycles. The molecule has 1 aliphatic rings. The molecular formula is C59H43N. The molecule has 0 bridgehead atoms. The second kappa shape index (κ2) is 14.4. The molecular weight excluding hydrogens is 723 g/mol. The van der Waals surface area contributed by atoms with Crippen LogP contribution in [0.2, 0.25) is 0 Å². The molecule has 0 aromatic heterocycles. The van der Waals surface area contributed by atoms with E-state index in [4.69, 9.17) is 0 Å². The van der Waals surface area contributed by atoms with Gasteiger partial charge in [-0.2, -0.15) is 0 Å². The first-order valence-corrected chi connectivity index (χ1v) is 20.9. The highest BCUT2D eigenvalue weighted by Gasteiger charge is 2.36. The first-order chi connectivity index (χ1) is 29.5. The number of nitrogens with zero attached hydrogens (tertiary/aromatic N) is 1. The van der Waals surface area contributed by atoms with Gasteiger partial charge in [0.05, 0.1) is 5.69 Å². The van der Waals surface area contributed by atoms with E-state index in [-0.39, 0.29) is 5.41 Å². The molecule has 0 amide bonds. The molecule has 10 aromatic rings. The number of hydrogen-bond acceptors (Lipinski definition) is 1. The molecule has 1 aliphatic carbocycles. The third-order valence-electron chi connectivity index (χ3n) is 12.7. The van der Waals surface area contributed by atoms with Crippen LogP contribution in [-0.4, -0.2) is 0 Å². The minimum absolute atomic E-state index is 0.143. The fourth-order valence-electron chi connectivity index (χ4n) is 9.71. The smallest absolute Gasteiger partial charge is 0.0546 e. The van der Waals surface area contributed by atoms with Crippen molar-refractivity contribution < 1.29 is 0 Å². The Kier molecular flexibility index (Phi) is 8.57. The second-order valence-electron chi connectivity index (χ2n) is 16.5. The minimum Gasteiger partial charge on any atom is -0.310 e. The van der Waals surface area contributed by atoms with Crippen molar-refractivity contribution in [2.24, 2.45) is 0 Å². The third-order valence-corrected chi connectivity index (χ3v) is 12.7. The molecule has 0 atom stereocenters. The molecule has 0 N–H and O–H groups in total. The lowest BCUT2D eigenvalue weighted by Crippen LogP contribution is -2.17. The van der Waals surface area contributed by atoms with Crippen LogP contribution in [-0.2, 0) is 5.41 Å². The van der Waals surface area contributed by atoms with Gasteiger partial charge in [0.15, 0.2) is 0 Å². The summed E-state index contributed by atoms with van der Waals surface area (Å²) in [5, 5.41) is 5.02. The summed E-state index contributed by atoms with van der Waals surface area (Å²) in [5.41, 5.74) is 18.2.